The Balaban J connectivity index is 1.15. The van der Waals surface area contributed by atoms with Gasteiger partial charge >= 0.3 is 0 Å². The maximum atomic E-state index is 4.68. The van der Waals surface area contributed by atoms with Gasteiger partial charge in [0.2, 0.25) is 11.7 Å². The number of nitrogens with one attached hydrogen (secondary N) is 1. The molecular formula is C21H25N9. The summed E-state index contributed by atoms with van der Waals surface area (Å²) < 4.78 is 3.81. The highest BCUT2D eigenvalue weighted by molar-refractivity contribution is 5.79. The molecule has 0 spiro atoms. The minimum absolute atomic E-state index is 0.454. The first-order chi connectivity index (χ1) is 14.7. The van der Waals surface area contributed by atoms with Crippen LogP contribution < -0.4 is 5.32 Å². The van der Waals surface area contributed by atoms with Crippen LogP contribution in [0.25, 0.3) is 22.4 Å². The third-order valence-electron chi connectivity index (χ3n) is 6.47. The van der Waals surface area contributed by atoms with E-state index in [1.807, 2.05) is 39.9 Å². The van der Waals surface area contributed by atoms with Crippen molar-refractivity contribution < 1.29 is 0 Å². The van der Waals surface area contributed by atoms with E-state index < -0.39 is 0 Å². The van der Waals surface area contributed by atoms with Crippen LogP contribution >= 0.6 is 0 Å². The van der Waals surface area contributed by atoms with E-state index in [4.69, 9.17) is 0 Å². The third-order valence-corrected chi connectivity index (χ3v) is 6.47. The summed E-state index contributed by atoms with van der Waals surface area (Å²) in [4.78, 5) is 18.2. The summed E-state index contributed by atoms with van der Waals surface area (Å²) in [6.45, 7) is 4.71. The van der Waals surface area contributed by atoms with Crippen LogP contribution in [-0.4, -0.2) is 84.1 Å². The van der Waals surface area contributed by atoms with Crippen LogP contribution in [0.15, 0.2) is 43.2 Å². The fourth-order valence-electron chi connectivity index (χ4n) is 4.54. The van der Waals surface area contributed by atoms with Gasteiger partial charge in [-0.25, -0.2) is 19.5 Å². The minimum atomic E-state index is 0.454. The van der Waals surface area contributed by atoms with Crippen molar-refractivity contribution in [3.63, 3.8) is 0 Å². The molecule has 1 N–H and O–H groups in total. The third kappa shape index (κ3) is 3.10. The van der Waals surface area contributed by atoms with Crippen molar-refractivity contribution in [2.24, 2.45) is 0 Å². The summed E-state index contributed by atoms with van der Waals surface area (Å²) in [5.41, 5.74) is 3.04. The second-order valence-corrected chi connectivity index (χ2v) is 8.42. The lowest BCUT2D eigenvalue weighted by Crippen LogP contribution is -2.55. The fraction of sp³-hybridized carbons (Fsp3) is 0.429. The smallest absolute Gasteiger partial charge is 0.241 e. The first-order valence-electron chi connectivity index (χ1n) is 10.6. The maximum absolute atomic E-state index is 4.68. The van der Waals surface area contributed by atoms with Gasteiger partial charge in [-0.1, -0.05) is 0 Å². The number of fused-ring (bicyclic) bond motifs is 2. The molecule has 0 bridgehead atoms. The zero-order chi connectivity index (χ0) is 20.1. The van der Waals surface area contributed by atoms with E-state index in [1.165, 1.54) is 39.0 Å². The molecule has 4 aromatic rings. The summed E-state index contributed by atoms with van der Waals surface area (Å²) in [6.07, 6.45) is 13.7. The van der Waals surface area contributed by atoms with Gasteiger partial charge in [-0.15, -0.1) is 5.10 Å². The SMILES string of the molecule is CN1CCN(C2CC(Nc3ncc4c(-c5cnc6nccn6c5)ccn4n3)C2)CC1. The molecule has 2 aliphatic rings. The molecule has 1 aliphatic carbocycles. The van der Waals surface area contributed by atoms with Gasteiger partial charge in [0.05, 0.1) is 11.7 Å². The summed E-state index contributed by atoms with van der Waals surface area (Å²) in [5.74, 6) is 1.38. The average Bonchev–Trinajstić information content (AvgIpc) is 3.37. The number of anilines is 1. The van der Waals surface area contributed by atoms with Gasteiger partial charge in [0.15, 0.2) is 0 Å². The van der Waals surface area contributed by atoms with Crippen molar-refractivity contribution in [2.45, 2.75) is 24.9 Å². The highest BCUT2D eigenvalue weighted by Crippen LogP contribution is 2.29. The highest BCUT2D eigenvalue weighted by Gasteiger charge is 2.35. The van der Waals surface area contributed by atoms with Gasteiger partial charge < -0.3 is 10.2 Å². The molecule has 0 amide bonds. The van der Waals surface area contributed by atoms with Crippen LogP contribution in [0.5, 0.6) is 0 Å². The standard InChI is InChI=1S/C21H25N9/c1-27-6-8-28(9-7-27)17-10-16(11-17)25-20-23-13-19-18(2-4-30(19)26-20)15-12-24-21-22-3-5-29(21)14-15/h2-5,12-14,16-17H,6-11H2,1H3,(H,25,26). The molecule has 0 atom stereocenters. The number of nitrogens with zero attached hydrogens (tertiary/aromatic N) is 8. The quantitative estimate of drug-likeness (QED) is 0.555. The lowest BCUT2D eigenvalue weighted by atomic mass is 9.85. The van der Waals surface area contributed by atoms with Crippen molar-refractivity contribution in [3.8, 4) is 11.1 Å². The average molecular weight is 403 g/mol. The molecule has 9 heteroatoms. The summed E-state index contributed by atoms with van der Waals surface area (Å²) >= 11 is 0. The van der Waals surface area contributed by atoms with Gasteiger partial charge in [-0.3, -0.25) is 9.30 Å². The Bertz CT molecular complexity index is 1180. The molecule has 30 heavy (non-hydrogen) atoms. The van der Waals surface area contributed by atoms with Crippen molar-refractivity contribution in [3.05, 3.63) is 43.2 Å². The van der Waals surface area contributed by atoms with Crippen molar-refractivity contribution in [1.29, 1.82) is 0 Å². The molecule has 154 valence electrons. The van der Waals surface area contributed by atoms with E-state index in [0.29, 0.717) is 23.8 Å². The number of hydrogen-bond acceptors (Lipinski definition) is 7. The minimum Gasteiger partial charge on any atom is -0.350 e. The predicted molar refractivity (Wildman–Crippen MR) is 114 cm³/mol. The summed E-state index contributed by atoms with van der Waals surface area (Å²) in [7, 11) is 2.20. The van der Waals surface area contributed by atoms with Crippen LogP contribution in [0.2, 0.25) is 0 Å². The van der Waals surface area contributed by atoms with E-state index >= 15 is 0 Å². The first kappa shape index (κ1) is 17.8. The van der Waals surface area contributed by atoms with Crippen LogP contribution in [-0.2, 0) is 0 Å². The lowest BCUT2D eigenvalue weighted by molar-refractivity contribution is 0.0656. The van der Waals surface area contributed by atoms with Gasteiger partial charge in [-0.05, 0) is 26.0 Å². The van der Waals surface area contributed by atoms with Gasteiger partial charge in [-0.2, -0.15) is 0 Å². The van der Waals surface area contributed by atoms with Crippen molar-refractivity contribution >= 4 is 17.2 Å². The van der Waals surface area contributed by atoms with E-state index in [1.54, 1.807) is 6.20 Å². The van der Waals surface area contributed by atoms with Crippen LogP contribution in [0.1, 0.15) is 12.8 Å². The molecule has 0 radical (unpaired) electrons. The Morgan fingerprint density at radius 3 is 2.73 bits per heavy atom. The van der Waals surface area contributed by atoms with Crippen LogP contribution in [0.3, 0.4) is 0 Å². The molecule has 1 saturated carbocycles. The molecule has 4 aromatic heterocycles. The summed E-state index contributed by atoms with van der Waals surface area (Å²) in [6, 6.07) is 3.21. The van der Waals surface area contributed by atoms with E-state index in [0.717, 1.165) is 16.6 Å². The molecule has 0 aromatic carbocycles. The number of likely N-dealkylation sites (N-methyl/N-ethyl adjacent to an activating group) is 1. The monoisotopic (exact) mass is 403 g/mol. The molecule has 2 fully saturated rings. The van der Waals surface area contributed by atoms with E-state index in [-0.39, 0.29) is 0 Å². The molecule has 9 nitrogen and oxygen atoms in total. The number of hydrogen-bond donors (Lipinski definition) is 1. The first-order valence-corrected chi connectivity index (χ1v) is 10.6. The number of imidazole rings is 1. The Hall–Kier alpha value is -3.04. The lowest BCUT2D eigenvalue weighted by Gasteiger charge is -2.46. The number of piperazine rings is 1. The van der Waals surface area contributed by atoms with Gasteiger partial charge in [0.25, 0.3) is 0 Å². The normalized spacial score (nSPS) is 23.1. The van der Waals surface area contributed by atoms with Gasteiger partial charge in [0, 0.05) is 80.4 Å². The van der Waals surface area contributed by atoms with Crippen molar-refractivity contribution in [2.75, 3.05) is 38.5 Å². The van der Waals surface area contributed by atoms with Gasteiger partial charge in [0.1, 0.15) is 0 Å². The Morgan fingerprint density at radius 1 is 1.00 bits per heavy atom. The second kappa shape index (κ2) is 7.03. The molecule has 6 rings (SSSR count). The Morgan fingerprint density at radius 2 is 1.87 bits per heavy atom. The topological polar surface area (TPSA) is 78.9 Å². The highest BCUT2D eigenvalue weighted by atomic mass is 15.3. The van der Waals surface area contributed by atoms with Crippen LogP contribution in [0, 0.1) is 0 Å². The van der Waals surface area contributed by atoms with E-state index in [9.17, 15) is 0 Å². The maximum Gasteiger partial charge on any atom is 0.241 e. The zero-order valence-electron chi connectivity index (χ0n) is 17.0. The fourth-order valence-corrected chi connectivity index (χ4v) is 4.54. The zero-order valence-corrected chi connectivity index (χ0v) is 17.0. The van der Waals surface area contributed by atoms with E-state index in [2.05, 4.69) is 48.3 Å². The largest absolute Gasteiger partial charge is 0.350 e. The molecule has 1 aliphatic heterocycles. The van der Waals surface area contributed by atoms with Crippen molar-refractivity contribution in [1.82, 2.24) is 38.8 Å². The van der Waals surface area contributed by atoms with Crippen LogP contribution in [0.4, 0.5) is 5.95 Å². The number of aromatic nitrogens is 6. The molecule has 0 unspecified atom stereocenters. The Labute approximate surface area is 174 Å². The summed E-state index contributed by atoms with van der Waals surface area (Å²) in [5, 5.41) is 8.19. The molecule has 1 saturated heterocycles. The Kier molecular flexibility index (Phi) is 4.17. The molecular weight excluding hydrogens is 378 g/mol. The molecule has 5 heterocycles. The predicted octanol–water partition coefficient (Wildman–Crippen LogP) is 1.63. The number of rotatable bonds is 4. The second-order valence-electron chi connectivity index (χ2n) is 8.42.